The molecule has 4 heteroatoms. The predicted molar refractivity (Wildman–Crippen MR) is 70.7 cm³/mol. The first kappa shape index (κ1) is 11.9. The number of hydrogen-bond acceptors (Lipinski definition) is 4. The van der Waals surface area contributed by atoms with Gasteiger partial charge in [-0.2, -0.15) is 0 Å². The number of fused-ring (bicyclic) bond motifs is 1. The molecule has 3 rings (SSSR count). The lowest BCUT2D eigenvalue weighted by Crippen LogP contribution is -2.33. The highest BCUT2D eigenvalue weighted by Crippen LogP contribution is 2.31. The quantitative estimate of drug-likeness (QED) is 0.889. The largest absolute Gasteiger partial charge is 0.381 e. The molecule has 1 N–H and O–H groups in total. The summed E-state index contributed by atoms with van der Waals surface area (Å²) in [6, 6.07) is 0. The second kappa shape index (κ2) is 4.84. The molecule has 0 spiro atoms. The van der Waals surface area contributed by atoms with Gasteiger partial charge in [-0.05, 0) is 37.5 Å². The van der Waals surface area contributed by atoms with Gasteiger partial charge in [0.1, 0.15) is 12.1 Å². The third kappa shape index (κ3) is 2.34. The highest BCUT2D eigenvalue weighted by molar-refractivity contribution is 5.48. The van der Waals surface area contributed by atoms with E-state index in [2.05, 4.69) is 22.2 Å². The Morgan fingerprint density at radius 1 is 1.28 bits per heavy atom. The molecule has 1 fully saturated rings. The molecule has 4 nitrogen and oxygen atoms in total. The first-order chi connectivity index (χ1) is 8.77. The van der Waals surface area contributed by atoms with Gasteiger partial charge in [0, 0.05) is 31.0 Å². The van der Waals surface area contributed by atoms with Crippen molar-refractivity contribution >= 4 is 5.82 Å². The molecule has 0 amide bonds. The standard InChI is InChI=1S/C14H21N3O/c1-14(5-7-18-8-6-14)9-15-13-11-3-2-4-12(11)16-10-17-13/h10H,2-9H2,1H3,(H,15,16,17). The Morgan fingerprint density at radius 3 is 2.94 bits per heavy atom. The Bertz CT molecular complexity index is 427. The van der Waals surface area contributed by atoms with Crippen LogP contribution in [0.3, 0.4) is 0 Å². The van der Waals surface area contributed by atoms with Crippen molar-refractivity contribution in [2.24, 2.45) is 5.41 Å². The summed E-state index contributed by atoms with van der Waals surface area (Å²) < 4.78 is 5.44. The van der Waals surface area contributed by atoms with E-state index < -0.39 is 0 Å². The lowest BCUT2D eigenvalue weighted by atomic mass is 9.82. The van der Waals surface area contributed by atoms with Gasteiger partial charge in [-0.15, -0.1) is 0 Å². The SMILES string of the molecule is CC1(CNc2ncnc3c2CCC3)CCOCC1. The van der Waals surface area contributed by atoms with Gasteiger partial charge >= 0.3 is 0 Å². The summed E-state index contributed by atoms with van der Waals surface area (Å²) >= 11 is 0. The van der Waals surface area contributed by atoms with Crippen LogP contribution in [-0.2, 0) is 17.6 Å². The van der Waals surface area contributed by atoms with E-state index in [9.17, 15) is 0 Å². The van der Waals surface area contributed by atoms with Crippen LogP contribution in [0.25, 0.3) is 0 Å². The molecule has 1 aliphatic heterocycles. The zero-order valence-corrected chi connectivity index (χ0v) is 11.0. The highest BCUT2D eigenvalue weighted by Gasteiger charge is 2.28. The molecule has 0 aromatic carbocycles. The Labute approximate surface area is 108 Å². The van der Waals surface area contributed by atoms with E-state index in [1.807, 2.05) is 0 Å². The van der Waals surface area contributed by atoms with Crippen molar-refractivity contribution in [2.45, 2.75) is 39.0 Å². The molecule has 1 aromatic rings. The molecule has 1 aromatic heterocycles. The van der Waals surface area contributed by atoms with E-state index >= 15 is 0 Å². The van der Waals surface area contributed by atoms with Crippen LogP contribution in [0.4, 0.5) is 5.82 Å². The maximum atomic E-state index is 5.44. The van der Waals surface area contributed by atoms with Crippen molar-refractivity contribution in [3.05, 3.63) is 17.6 Å². The van der Waals surface area contributed by atoms with E-state index in [0.29, 0.717) is 5.41 Å². The monoisotopic (exact) mass is 247 g/mol. The van der Waals surface area contributed by atoms with Crippen LogP contribution in [0.2, 0.25) is 0 Å². The maximum absolute atomic E-state index is 5.44. The van der Waals surface area contributed by atoms with Gasteiger partial charge in [0.15, 0.2) is 0 Å². The van der Waals surface area contributed by atoms with Gasteiger partial charge in [-0.1, -0.05) is 6.92 Å². The van der Waals surface area contributed by atoms with E-state index in [4.69, 9.17) is 4.74 Å². The van der Waals surface area contributed by atoms with Gasteiger partial charge in [0.25, 0.3) is 0 Å². The van der Waals surface area contributed by atoms with Gasteiger partial charge in [0.2, 0.25) is 0 Å². The van der Waals surface area contributed by atoms with Crippen LogP contribution in [0, 0.1) is 5.41 Å². The van der Waals surface area contributed by atoms with E-state index in [1.54, 1.807) is 6.33 Å². The van der Waals surface area contributed by atoms with Gasteiger partial charge in [0.05, 0.1) is 0 Å². The summed E-state index contributed by atoms with van der Waals surface area (Å²) in [7, 11) is 0. The molecule has 0 bridgehead atoms. The summed E-state index contributed by atoms with van der Waals surface area (Å²) in [5, 5.41) is 3.55. The molecule has 0 saturated carbocycles. The van der Waals surface area contributed by atoms with E-state index in [0.717, 1.165) is 51.3 Å². The molecule has 98 valence electrons. The van der Waals surface area contributed by atoms with Crippen molar-refractivity contribution in [3.8, 4) is 0 Å². The number of ether oxygens (including phenoxy) is 1. The number of aromatic nitrogens is 2. The molecule has 1 saturated heterocycles. The summed E-state index contributed by atoms with van der Waals surface area (Å²) in [5.41, 5.74) is 2.92. The minimum Gasteiger partial charge on any atom is -0.381 e. The molecule has 1 aliphatic carbocycles. The van der Waals surface area contributed by atoms with Crippen molar-refractivity contribution in [1.82, 2.24) is 9.97 Å². The first-order valence-corrected chi connectivity index (χ1v) is 6.91. The third-order valence-corrected chi connectivity index (χ3v) is 4.26. The summed E-state index contributed by atoms with van der Waals surface area (Å²) in [4.78, 5) is 8.77. The number of anilines is 1. The summed E-state index contributed by atoms with van der Waals surface area (Å²) in [6.45, 7) is 5.10. The van der Waals surface area contributed by atoms with Crippen molar-refractivity contribution in [2.75, 3.05) is 25.1 Å². The molecule has 18 heavy (non-hydrogen) atoms. The average molecular weight is 247 g/mol. The molecular weight excluding hydrogens is 226 g/mol. The second-order valence-corrected chi connectivity index (χ2v) is 5.78. The fourth-order valence-corrected chi connectivity index (χ4v) is 2.85. The fourth-order valence-electron chi connectivity index (χ4n) is 2.85. The average Bonchev–Trinajstić information content (AvgIpc) is 2.86. The molecule has 0 radical (unpaired) electrons. The topological polar surface area (TPSA) is 47.0 Å². The minimum atomic E-state index is 0.342. The van der Waals surface area contributed by atoms with Gasteiger partial charge in [-0.3, -0.25) is 0 Å². The van der Waals surface area contributed by atoms with Crippen LogP contribution >= 0.6 is 0 Å². The Morgan fingerprint density at radius 2 is 2.11 bits per heavy atom. The van der Waals surface area contributed by atoms with Crippen molar-refractivity contribution in [1.29, 1.82) is 0 Å². The number of rotatable bonds is 3. The van der Waals surface area contributed by atoms with Crippen LogP contribution in [0.15, 0.2) is 6.33 Å². The van der Waals surface area contributed by atoms with Crippen LogP contribution in [0.1, 0.15) is 37.4 Å². The lowest BCUT2D eigenvalue weighted by molar-refractivity contribution is 0.0299. The van der Waals surface area contributed by atoms with Crippen LogP contribution in [-0.4, -0.2) is 29.7 Å². The van der Waals surface area contributed by atoms with E-state index in [-0.39, 0.29) is 0 Å². The fraction of sp³-hybridized carbons (Fsp3) is 0.714. The molecule has 2 aliphatic rings. The Kier molecular flexibility index (Phi) is 3.20. The summed E-state index contributed by atoms with van der Waals surface area (Å²) in [6.07, 6.45) is 7.41. The highest BCUT2D eigenvalue weighted by atomic mass is 16.5. The van der Waals surface area contributed by atoms with Crippen molar-refractivity contribution in [3.63, 3.8) is 0 Å². The summed E-state index contributed by atoms with van der Waals surface area (Å²) in [5.74, 6) is 1.06. The molecule has 2 heterocycles. The van der Waals surface area contributed by atoms with Crippen LogP contribution in [0.5, 0.6) is 0 Å². The number of hydrogen-bond donors (Lipinski definition) is 1. The normalized spacial score (nSPS) is 21.6. The zero-order chi connectivity index (χ0) is 12.4. The number of nitrogens with one attached hydrogen (secondary N) is 1. The van der Waals surface area contributed by atoms with Gasteiger partial charge in [-0.25, -0.2) is 9.97 Å². The lowest BCUT2D eigenvalue weighted by Gasteiger charge is -2.33. The number of aryl methyl sites for hydroxylation is 1. The van der Waals surface area contributed by atoms with E-state index in [1.165, 1.54) is 17.7 Å². The Hall–Kier alpha value is -1.16. The molecule has 0 unspecified atom stereocenters. The first-order valence-electron chi connectivity index (χ1n) is 6.91. The third-order valence-electron chi connectivity index (χ3n) is 4.26. The predicted octanol–water partition coefficient (Wildman–Crippen LogP) is 2.19. The Balaban J connectivity index is 1.68. The molecule has 0 atom stereocenters. The van der Waals surface area contributed by atoms with Crippen molar-refractivity contribution < 1.29 is 4.74 Å². The number of nitrogens with zero attached hydrogens (tertiary/aromatic N) is 2. The molecular formula is C14H21N3O. The smallest absolute Gasteiger partial charge is 0.132 e. The maximum Gasteiger partial charge on any atom is 0.132 e. The van der Waals surface area contributed by atoms with Gasteiger partial charge < -0.3 is 10.1 Å². The minimum absolute atomic E-state index is 0.342. The van der Waals surface area contributed by atoms with Crippen LogP contribution < -0.4 is 5.32 Å². The zero-order valence-electron chi connectivity index (χ0n) is 11.0. The second-order valence-electron chi connectivity index (χ2n) is 5.78.